The molecule has 0 heterocycles. The molecule has 0 aliphatic rings. The van der Waals surface area contributed by atoms with E-state index in [0.29, 0.717) is 6.54 Å². The van der Waals surface area contributed by atoms with E-state index in [1.807, 2.05) is 24.3 Å². The highest BCUT2D eigenvalue weighted by Gasteiger charge is 2.01. The molecule has 0 atom stereocenters. The first kappa shape index (κ1) is 12.7. The van der Waals surface area contributed by atoms with E-state index in [0.717, 1.165) is 21.3 Å². The summed E-state index contributed by atoms with van der Waals surface area (Å²) in [5.41, 5.74) is 2.77. The topological polar surface area (TPSA) is 12.0 Å². The summed E-state index contributed by atoms with van der Waals surface area (Å²) >= 11 is 3.34. The Bertz CT molecular complexity index is 602. The Morgan fingerprint density at radius 2 is 2.06 bits per heavy atom. The van der Waals surface area contributed by atoms with Crippen molar-refractivity contribution in [2.45, 2.75) is 6.54 Å². The largest absolute Gasteiger partial charge is 0.381 e. The average Bonchev–Trinajstić information content (AvgIpc) is 2.38. The van der Waals surface area contributed by atoms with Crippen molar-refractivity contribution in [3.05, 3.63) is 63.9 Å². The number of hydrogen-bond acceptors (Lipinski definition) is 1. The van der Waals surface area contributed by atoms with E-state index in [-0.39, 0.29) is 5.82 Å². The summed E-state index contributed by atoms with van der Waals surface area (Å²) in [4.78, 5) is 0. The molecule has 2 rings (SSSR count). The number of anilines is 1. The van der Waals surface area contributed by atoms with Gasteiger partial charge >= 0.3 is 0 Å². The number of halogens is 2. The molecule has 2 aromatic carbocycles. The van der Waals surface area contributed by atoms with Crippen molar-refractivity contribution in [1.82, 2.24) is 0 Å². The summed E-state index contributed by atoms with van der Waals surface area (Å²) in [6.45, 7) is 0.606. The molecule has 0 fully saturated rings. The molecule has 18 heavy (non-hydrogen) atoms. The molecule has 0 saturated heterocycles. The summed E-state index contributed by atoms with van der Waals surface area (Å²) < 4.78 is 13.7. The zero-order chi connectivity index (χ0) is 13.0. The van der Waals surface area contributed by atoms with Gasteiger partial charge in [0.15, 0.2) is 0 Å². The molecule has 90 valence electrons. The van der Waals surface area contributed by atoms with E-state index < -0.39 is 0 Å². The minimum absolute atomic E-state index is 0.250. The van der Waals surface area contributed by atoms with Crippen LogP contribution in [0.2, 0.25) is 0 Å². The Labute approximate surface area is 114 Å². The molecule has 0 amide bonds. The van der Waals surface area contributed by atoms with Gasteiger partial charge in [-0.2, -0.15) is 0 Å². The molecular formula is C15H11BrFN. The summed E-state index contributed by atoms with van der Waals surface area (Å²) in [7, 11) is 0. The fraction of sp³-hybridized carbons (Fsp3) is 0.0667. The van der Waals surface area contributed by atoms with Crippen molar-refractivity contribution in [2.24, 2.45) is 0 Å². The molecule has 3 heteroatoms. The first-order valence-electron chi connectivity index (χ1n) is 5.43. The molecule has 0 radical (unpaired) electrons. The zero-order valence-corrected chi connectivity index (χ0v) is 11.2. The Kier molecular flexibility index (Phi) is 4.01. The summed E-state index contributed by atoms with van der Waals surface area (Å²) in [6.07, 6.45) is 5.34. The van der Waals surface area contributed by atoms with Crippen LogP contribution in [0.15, 0.2) is 46.9 Å². The monoisotopic (exact) mass is 303 g/mol. The fourth-order valence-electron chi connectivity index (χ4n) is 1.58. The van der Waals surface area contributed by atoms with Gasteiger partial charge in [0.05, 0.1) is 0 Å². The number of rotatable bonds is 3. The molecule has 0 spiro atoms. The highest BCUT2D eigenvalue weighted by atomic mass is 79.9. The van der Waals surface area contributed by atoms with E-state index >= 15 is 0 Å². The lowest BCUT2D eigenvalue weighted by molar-refractivity contribution is 0.626. The molecule has 1 N–H and O–H groups in total. The van der Waals surface area contributed by atoms with Crippen LogP contribution in [0.4, 0.5) is 10.1 Å². The van der Waals surface area contributed by atoms with Crippen LogP contribution in [-0.2, 0) is 6.54 Å². The number of nitrogens with one attached hydrogen (secondary N) is 1. The third-order valence-electron chi connectivity index (χ3n) is 2.53. The lowest BCUT2D eigenvalue weighted by atomic mass is 10.2. The Morgan fingerprint density at radius 3 is 2.78 bits per heavy atom. The fourth-order valence-corrected chi connectivity index (χ4v) is 2.07. The van der Waals surface area contributed by atoms with Gasteiger partial charge in [-0.05, 0) is 35.9 Å². The first-order chi connectivity index (χ1) is 8.69. The highest BCUT2D eigenvalue weighted by Crippen LogP contribution is 2.19. The van der Waals surface area contributed by atoms with Crippen LogP contribution in [0.25, 0.3) is 0 Å². The van der Waals surface area contributed by atoms with Crippen molar-refractivity contribution in [3.63, 3.8) is 0 Å². The second kappa shape index (κ2) is 5.70. The van der Waals surface area contributed by atoms with Gasteiger partial charge in [-0.15, -0.1) is 6.42 Å². The first-order valence-corrected chi connectivity index (χ1v) is 6.23. The van der Waals surface area contributed by atoms with E-state index in [9.17, 15) is 4.39 Å². The second-order valence-corrected chi connectivity index (χ2v) is 4.67. The highest BCUT2D eigenvalue weighted by molar-refractivity contribution is 9.10. The van der Waals surface area contributed by atoms with Crippen LogP contribution in [0, 0.1) is 18.2 Å². The van der Waals surface area contributed by atoms with Gasteiger partial charge in [0.1, 0.15) is 5.82 Å². The van der Waals surface area contributed by atoms with E-state index in [4.69, 9.17) is 6.42 Å². The number of terminal acetylenes is 1. The van der Waals surface area contributed by atoms with Crippen LogP contribution in [0.1, 0.15) is 11.1 Å². The van der Waals surface area contributed by atoms with Crippen LogP contribution < -0.4 is 5.32 Å². The lowest BCUT2D eigenvalue weighted by Crippen LogP contribution is -2.00. The van der Waals surface area contributed by atoms with Gasteiger partial charge in [0, 0.05) is 22.3 Å². The van der Waals surface area contributed by atoms with Crippen molar-refractivity contribution < 1.29 is 4.39 Å². The molecular weight excluding hydrogens is 293 g/mol. The number of hydrogen-bond donors (Lipinski definition) is 1. The second-order valence-electron chi connectivity index (χ2n) is 3.81. The SMILES string of the molecule is C#Cc1cccc(NCc2ccc(F)cc2Br)c1. The van der Waals surface area contributed by atoms with Crippen molar-refractivity contribution in [3.8, 4) is 12.3 Å². The normalized spacial score (nSPS) is 9.83. The molecule has 0 aliphatic carbocycles. The Morgan fingerprint density at radius 1 is 1.22 bits per heavy atom. The van der Waals surface area contributed by atoms with E-state index in [2.05, 4.69) is 27.2 Å². The van der Waals surface area contributed by atoms with Gasteiger partial charge in [-0.25, -0.2) is 4.39 Å². The molecule has 1 nitrogen and oxygen atoms in total. The molecule has 0 bridgehead atoms. The van der Waals surface area contributed by atoms with Gasteiger partial charge in [-0.3, -0.25) is 0 Å². The van der Waals surface area contributed by atoms with Gasteiger partial charge in [-0.1, -0.05) is 34.0 Å². The molecule has 0 aromatic heterocycles. The summed E-state index contributed by atoms with van der Waals surface area (Å²) in [6, 6.07) is 12.3. The third-order valence-corrected chi connectivity index (χ3v) is 3.27. The van der Waals surface area contributed by atoms with Crippen molar-refractivity contribution >= 4 is 21.6 Å². The molecule has 0 unspecified atom stereocenters. The smallest absolute Gasteiger partial charge is 0.124 e. The van der Waals surface area contributed by atoms with Crippen LogP contribution in [-0.4, -0.2) is 0 Å². The Balaban J connectivity index is 2.09. The zero-order valence-electron chi connectivity index (χ0n) is 9.58. The van der Waals surface area contributed by atoms with Gasteiger partial charge < -0.3 is 5.32 Å². The maximum Gasteiger partial charge on any atom is 0.124 e. The maximum atomic E-state index is 12.9. The van der Waals surface area contributed by atoms with Crippen LogP contribution in [0.5, 0.6) is 0 Å². The molecule has 2 aromatic rings. The van der Waals surface area contributed by atoms with Crippen LogP contribution in [0.3, 0.4) is 0 Å². The predicted molar refractivity (Wildman–Crippen MR) is 75.8 cm³/mol. The summed E-state index contributed by atoms with van der Waals surface area (Å²) in [5, 5.41) is 3.25. The van der Waals surface area contributed by atoms with Crippen molar-refractivity contribution in [2.75, 3.05) is 5.32 Å². The quantitative estimate of drug-likeness (QED) is 0.839. The van der Waals surface area contributed by atoms with E-state index in [1.54, 1.807) is 6.07 Å². The number of benzene rings is 2. The van der Waals surface area contributed by atoms with Gasteiger partial charge in [0.25, 0.3) is 0 Å². The predicted octanol–water partition coefficient (Wildman–Crippen LogP) is 4.18. The standard InChI is InChI=1S/C15H11BrFN/c1-2-11-4-3-5-14(8-11)18-10-12-6-7-13(17)9-15(12)16/h1,3-9,18H,10H2. The lowest BCUT2D eigenvalue weighted by Gasteiger charge is -2.08. The molecule has 0 saturated carbocycles. The maximum absolute atomic E-state index is 12.9. The van der Waals surface area contributed by atoms with Crippen molar-refractivity contribution in [1.29, 1.82) is 0 Å². The average molecular weight is 304 g/mol. The molecule has 0 aliphatic heterocycles. The van der Waals surface area contributed by atoms with E-state index in [1.165, 1.54) is 12.1 Å². The Hall–Kier alpha value is -1.79. The third kappa shape index (κ3) is 3.12. The minimum Gasteiger partial charge on any atom is -0.381 e. The van der Waals surface area contributed by atoms with Gasteiger partial charge in [0.2, 0.25) is 0 Å². The van der Waals surface area contributed by atoms with Crippen LogP contribution >= 0.6 is 15.9 Å². The minimum atomic E-state index is -0.250. The summed E-state index contributed by atoms with van der Waals surface area (Å²) in [5.74, 6) is 2.34.